The van der Waals surface area contributed by atoms with Gasteiger partial charge in [0.2, 0.25) is 0 Å². The number of aliphatic carboxylic acids is 1. The van der Waals surface area contributed by atoms with Gasteiger partial charge >= 0.3 is 12.1 Å². The summed E-state index contributed by atoms with van der Waals surface area (Å²) in [6.07, 6.45) is -4.53. The molecule has 1 aliphatic heterocycles. The lowest BCUT2D eigenvalue weighted by molar-refractivity contribution is -0.138. The first-order valence-electron chi connectivity index (χ1n) is 8.82. The highest BCUT2D eigenvalue weighted by Gasteiger charge is 2.30. The SMILES string of the molecule is Cl.O=C(O)CCN1CCOC(c2ccc(Oc3cccc(C(F)(F)F)c3)cc2)C1. The highest BCUT2D eigenvalue weighted by Crippen LogP contribution is 2.33. The molecule has 2 aromatic rings. The molecule has 29 heavy (non-hydrogen) atoms. The van der Waals surface area contributed by atoms with Crippen molar-refractivity contribution in [3.63, 3.8) is 0 Å². The van der Waals surface area contributed by atoms with E-state index in [0.29, 0.717) is 32.0 Å². The summed E-state index contributed by atoms with van der Waals surface area (Å²) in [5.74, 6) is -0.308. The molecule has 0 bridgehead atoms. The lowest BCUT2D eigenvalue weighted by Crippen LogP contribution is -2.39. The van der Waals surface area contributed by atoms with Gasteiger partial charge in [0.1, 0.15) is 11.5 Å². The topological polar surface area (TPSA) is 59.0 Å². The number of morpholine rings is 1. The first-order valence-corrected chi connectivity index (χ1v) is 8.82. The van der Waals surface area contributed by atoms with Gasteiger partial charge < -0.3 is 14.6 Å². The van der Waals surface area contributed by atoms with Crippen molar-refractivity contribution in [2.45, 2.75) is 18.7 Å². The number of nitrogens with zero attached hydrogens (tertiary/aromatic N) is 1. The molecule has 0 aliphatic carbocycles. The molecule has 0 amide bonds. The second-order valence-corrected chi connectivity index (χ2v) is 6.50. The van der Waals surface area contributed by atoms with E-state index in [9.17, 15) is 18.0 Å². The van der Waals surface area contributed by atoms with Crippen LogP contribution >= 0.6 is 12.4 Å². The van der Waals surface area contributed by atoms with Gasteiger partial charge in [0.25, 0.3) is 0 Å². The van der Waals surface area contributed by atoms with Crippen LogP contribution in [0, 0.1) is 0 Å². The quantitative estimate of drug-likeness (QED) is 0.714. The molecule has 1 aliphatic rings. The maximum atomic E-state index is 12.8. The first kappa shape index (κ1) is 23.0. The predicted octanol–water partition coefficient (Wildman–Crippen LogP) is 4.77. The van der Waals surface area contributed by atoms with Crippen molar-refractivity contribution in [2.75, 3.05) is 26.2 Å². The fourth-order valence-electron chi connectivity index (χ4n) is 2.98. The van der Waals surface area contributed by atoms with Crippen LogP contribution in [0.25, 0.3) is 0 Å². The summed E-state index contributed by atoms with van der Waals surface area (Å²) in [7, 11) is 0. The van der Waals surface area contributed by atoms with Gasteiger partial charge in [-0.05, 0) is 35.9 Å². The van der Waals surface area contributed by atoms with E-state index in [1.807, 2.05) is 4.90 Å². The number of ether oxygens (including phenoxy) is 2. The van der Waals surface area contributed by atoms with Crippen molar-refractivity contribution < 1.29 is 32.5 Å². The Balaban J connectivity index is 0.00000300. The normalized spacial score (nSPS) is 17.4. The van der Waals surface area contributed by atoms with E-state index in [1.54, 1.807) is 24.3 Å². The lowest BCUT2D eigenvalue weighted by Gasteiger charge is -2.32. The van der Waals surface area contributed by atoms with E-state index < -0.39 is 17.7 Å². The van der Waals surface area contributed by atoms with Crippen LogP contribution in [0.5, 0.6) is 11.5 Å². The van der Waals surface area contributed by atoms with Crippen LogP contribution in [0.15, 0.2) is 48.5 Å². The molecular formula is C20H21ClF3NO4. The second-order valence-electron chi connectivity index (χ2n) is 6.50. The largest absolute Gasteiger partial charge is 0.481 e. The number of carboxylic acid groups (broad SMARTS) is 1. The van der Waals surface area contributed by atoms with Crippen molar-refractivity contribution in [3.8, 4) is 11.5 Å². The summed E-state index contributed by atoms with van der Waals surface area (Å²) >= 11 is 0. The molecule has 1 N–H and O–H groups in total. The molecule has 0 spiro atoms. The van der Waals surface area contributed by atoms with Crippen molar-refractivity contribution >= 4 is 18.4 Å². The Hall–Kier alpha value is -2.29. The van der Waals surface area contributed by atoms with Gasteiger partial charge in [-0.3, -0.25) is 9.69 Å². The van der Waals surface area contributed by atoms with Crippen LogP contribution in [0.3, 0.4) is 0 Å². The minimum absolute atomic E-state index is 0. The Morgan fingerprint density at radius 1 is 1.17 bits per heavy atom. The van der Waals surface area contributed by atoms with Crippen LogP contribution in [-0.2, 0) is 15.7 Å². The molecular weight excluding hydrogens is 411 g/mol. The molecule has 1 fully saturated rings. The van der Waals surface area contributed by atoms with Gasteiger partial charge in [-0.2, -0.15) is 13.2 Å². The first-order chi connectivity index (χ1) is 13.3. The number of hydrogen-bond acceptors (Lipinski definition) is 4. The highest BCUT2D eigenvalue weighted by molar-refractivity contribution is 5.85. The molecule has 0 aromatic heterocycles. The van der Waals surface area contributed by atoms with Gasteiger partial charge in [-0.15, -0.1) is 12.4 Å². The number of rotatable bonds is 6. The maximum absolute atomic E-state index is 12.8. The molecule has 9 heteroatoms. The van der Waals surface area contributed by atoms with E-state index in [4.69, 9.17) is 14.6 Å². The molecule has 0 radical (unpaired) electrons. The zero-order valence-electron chi connectivity index (χ0n) is 15.4. The number of alkyl halides is 3. The van der Waals surface area contributed by atoms with Crippen LogP contribution < -0.4 is 4.74 Å². The van der Waals surface area contributed by atoms with Crippen LogP contribution in [-0.4, -0.2) is 42.2 Å². The van der Waals surface area contributed by atoms with Crippen LogP contribution in [0.2, 0.25) is 0 Å². The third-order valence-corrected chi connectivity index (χ3v) is 4.44. The summed E-state index contributed by atoms with van der Waals surface area (Å²) < 4.78 is 49.7. The Kier molecular flexibility index (Phi) is 7.89. The Bertz CT molecular complexity index is 814. The van der Waals surface area contributed by atoms with E-state index >= 15 is 0 Å². The van der Waals surface area contributed by atoms with Crippen molar-refractivity contribution in [2.24, 2.45) is 0 Å². The summed E-state index contributed by atoms with van der Waals surface area (Å²) in [5.41, 5.74) is 0.134. The Morgan fingerprint density at radius 2 is 1.90 bits per heavy atom. The summed E-state index contributed by atoms with van der Waals surface area (Å²) in [6.45, 7) is 2.24. The average molecular weight is 432 g/mol. The highest BCUT2D eigenvalue weighted by atomic mass is 35.5. The van der Waals surface area contributed by atoms with Gasteiger partial charge in [0.05, 0.1) is 24.7 Å². The van der Waals surface area contributed by atoms with Gasteiger partial charge in [-0.1, -0.05) is 18.2 Å². The lowest BCUT2D eigenvalue weighted by atomic mass is 10.1. The van der Waals surface area contributed by atoms with Crippen LogP contribution in [0.4, 0.5) is 13.2 Å². The fourth-order valence-corrected chi connectivity index (χ4v) is 2.98. The van der Waals surface area contributed by atoms with Crippen molar-refractivity contribution in [1.29, 1.82) is 0 Å². The standard InChI is InChI=1S/C20H20F3NO4.ClH/c21-20(22,23)15-2-1-3-17(12-15)28-16-6-4-14(5-7-16)18-13-24(10-11-27-18)9-8-19(25)26;/h1-7,12,18H,8-11,13H2,(H,25,26);1H. The van der Waals surface area contributed by atoms with Crippen LogP contribution in [0.1, 0.15) is 23.7 Å². The molecule has 158 valence electrons. The third kappa shape index (κ3) is 6.62. The van der Waals surface area contributed by atoms with E-state index in [0.717, 1.165) is 17.7 Å². The summed E-state index contributed by atoms with van der Waals surface area (Å²) in [4.78, 5) is 12.8. The zero-order chi connectivity index (χ0) is 20.1. The number of halogens is 4. The minimum atomic E-state index is -4.42. The molecule has 1 atom stereocenters. The fraction of sp³-hybridized carbons (Fsp3) is 0.350. The summed E-state index contributed by atoms with van der Waals surface area (Å²) in [6, 6.07) is 11.7. The summed E-state index contributed by atoms with van der Waals surface area (Å²) in [5, 5.41) is 8.81. The molecule has 2 aromatic carbocycles. The molecule has 1 saturated heterocycles. The zero-order valence-corrected chi connectivity index (χ0v) is 16.2. The number of benzene rings is 2. The van der Waals surface area contributed by atoms with Gasteiger partial charge in [0.15, 0.2) is 0 Å². The maximum Gasteiger partial charge on any atom is 0.416 e. The van der Waals surface area contributed by atoms with Crippen molar-refractivity contribution in [3.05, 3.63) is 59.7 Å². The Labute approximate surface area is 172 Å². The average Bonchev–Trinajstić information content (AvgIpc) is 2.67. The predicted molar refractivity (Wildman–Crippen MR) is 103 cm³/mol. The minimum Gasteiger partial charge on any atom is -0.481 e. The third-order valence-electron chi connectivity index (χ3n) is 4.44. The van der Waals surface area contributed by atoms with Gasteiger partial charge in [0, 0.05) is 19.6 Å². The molecule has 3 rings (SSSR count). The van der Waals surface area contributed by atoms with Crippen molar-refractivity contribution in [1.82, 2.24) is 4.90 Å². The monoisotopic (exact) mass is 431 g/mol. The number of carboxylic acids is 1. The molecule has 5 nitrogen and oxygen atoms in total. The smallest absolute Gasteiger partial charge is 0.416 e. The molecule has 1 unspecified atom stereocenters. The number of carbonyl (C=O) groups is 1. The van der Waals surface area contributed by atoms with Gasteiger partial charge in [-0.25, -0.2) is 0 Å². The molecule has 0 saturated carbocycles. The van der Waals surface area contributed by atoms with E-state index in [1.165, 1.54) is 12.1 Å². The Morgan fingerprint density at radius 3 is 2.55 bits per heavy atom. The second kappa shape index (κ2) is 9.96. The molecule has 1 heterocycles. The van der Waals surface area contributed by atoms with E-state index in [-0.39, 0.29) is 30.7 Å². The number of hydrogen-bond donors (Lipinski definition) is 1. The van der Waals surface area contributed by atoms with E-state index in [2.05, 4.69) is 0 Å².